The van der Waals surface area contributed by atoms with Gasteiger partial charge in [-0.1, -0.05) is 6.07 Å². The van der Waals surface area contributed by atoms with E-state index in [-0.39, 0.29) is 6.04 Å². The topological polar surface area (TPSA) is 48.7 Å². The molecular formula is C13H13N3S. The maximum atomic E-state index is 8.89. The van der Waals surface area contributed by atoms with Crippen molar-refractivity contribution in [3.05, 3.63) is 45.9 Å². The van der Waals surface area contributed by atoms with Crippen molar-refractivity contribution >= 4 is 17.0 Å². The lowest BCUT2D eigenvalue weighted by atomic mass is 10.1. The van der Waals surface area contributed by atoms with Crippen LogP contribution in [0.25, 0.3) is 0 Å². The third-order valence-corrected chi connectivity index (χ3v) is 3.58. The van der Waals surface area contributed by atoms with E-state index in [2.05, 4.69) is 23.3 Å². The summed E-state index contributed by atoms with van der Waals surface area (Å²) in [6, 6.07) is 8.03. The van der Waals surface area contributed by atoms with Crippen LogP contribution in [0.3, 0.4) is 0 Å². The zero-order valence-electron chi connectivity index (χ0n) is 9.77. The number of aromatic nitrogens is 1. The standard InChI is InChI=1S/C13H13N3S/c1-9-3-4-11(6-14)5-12(9)16-10(2)13-7-15-8-17-13/h3-5,7-8,10,16H,1-2H3. The molecule has 0 saturated carbocycles. The van der Waals surface area contributed by atoms with Crippen molar-refractivity contribution in [3.8, 4) is 6.07 Å². The van der Waals surface area contributed by atoms with Gasteiger partial charge < -0.3 is 5.32 Å². The molecule has 1 atom stereocenters. The molecule has 2 aromatic rings. The summed E-state index contributed by atoms with van der Waals surface area (Å²) in [7, 11) is 0. The molecule has 0 radical (unpaired) electrons. The van der Waals surface area contributed by atoms with Crippen molar-refractivity contribution in [3.63, 3.8) is 0 Å². The van der Waals surface area contributed by atoms with Crippen molar-refractivity contribution in [1.82, 2.24) is 4.98 Å². The third kappa shape index (κ3) is 2.63. The first kappa shape index (κ1) is 11.6. The summed E-state index contributed by atoms with van der Waals surface area (Å²) in [5, 5.41) is 12.3. The van der Waals surface area contributed by atoms with Gasteiger partial charge in [0.05, 0.1) is 23.2 Å². The quantitative estimate of drug-likeness (QED) is 0.897. The molecule has 0 bridgehead atoms. The van der Waals surface area contributed by atoms with E-state index in [9.17, 15) is 0 Å². The minimum Gasteiger partial charge on any atom is -0.377 e. The van der Waals surface area contributed by atoms with Gasteiger partial charge in [0.15, 0.2) is 0 Å². The number of aryl methyl sites for hydroxylation is 1. The van der Waals surface area contributed by atoms with Crippen molar-refractivity contribution < 1.29 is 0 Å². The van der Waals surface area contributed by atoms with Gasteiger partial charge in [0.25, 0.3) is 0 Å². The molecule has 1 N–H and O–H groups in total. The summed E-state index contributed by atoms with van der Waals surface area (Å²) in [5.74, 6) is 0. The fourth-order valence-corrected chi connectivity index (χ4v) is 2.22. The summed E-state index contributed by atoms with van der Waals surface area (Å²) in [4.78, 5) is 5.25. The van der Waals surface area contributed by atoms with Crippen LogP contribution in [-0.2, 0) is 0 Å². The Labute approximate surface area is 105 Å². The highest BCUT2D eigenvalue weighted by atomic mass is 32.1. The van der Waals surface area contributed by atoms with E-state index in [1.54, 1.807) is 11.3 Å². The van der Waals surface area contributed by atoms with E-state index in [1.807, 2.05) is 36.8 Å². The second-order valence-electron chi connectivity index (χ2n) is 3.91. The van der Waals surface area contributed by atoms with E-state index in [1.165, 1.54) is 4.88 Å². The van der Waals surface area contributed by atoms with Crippen LogP contribution in [0.4, 0.5) is 5.69 Å². The van der Waals surface area contributed by atoms with Crippen molar-refractivity contribution in [2.75, 3.05) is 5.32 Å². The molecule has 1 unspecified atom stereocenters. The van der Waals surface area contributed by atoms with Gasteiger partial charge >= 0.3 is 0 Å². The van der Waals surface area contributed by atoms with E-state index >= 15 is 0 Å². The molecule has 86 valence electrons. The Bertz CT molecular complexity index is 540. The molecule has 0 amide bonds. The molecule has 1 aromatic heterocycles. The summed E-state index contributed by atoms with van der Waals surface area (Å²) >= 11 is 1.63. The molecular weight excluding hydrogens is 230 g/mol. The molecule has 2 rings (SSSR count). The third-order valence-electron chi connectivity index (χ3n) is 2.62. The van der Waals surface area contributed by atoms with Crippen LogP contribution < -0.4 is 5.32 Å². The predicted molar refractivity (Wildman–Crippen MR) is 70.0 cm³/mol. The van der Waals surface area contributed by atoms with Gasteiger partial charge in [-0.3, -0.25) is 4.98 Å². The number of nitriles is 1. The Morgan fingerprint density at radius 3 is 2.94 bits per heavy atom. The number of anilines is 1. The molecule has 0 saturated heterocycles. The number of nitrogens with one attached hydrogen (secondary N) is 1. The van der Waals surface area contributed by atoms with E-state index < -0.39 is 0 Å². The lowest BCUT2D eigenvalue weighted by molar-refractivity contribution is 0.901. The molecule has 17 heavy (non-hydrogen) atoms. The van der Waals surface area contributed by atoms with Crippen LogP contribution in [0, 0.1) is 18.3 Å². The van der Waals surface area contributed by atoms with E-state index in [0.29, 0.717) is 5.56 Å². The van der Waals surface area contributed by atoms with Gasteiger partial charge in [0.2, 0.25) is 0 Å². The summed E-state index contributed by atoms with van der Waals surface area (Å²) in [5.41, 5.74) is 4.64. The summed E-state index contributed by atoms with van der Waals surface area (Å²) in [6.45, 7) is 4.12. The first-order valence-electron chi connectivity index (χ1n) is 5.36. The average molecular weight is 243 g/mol. The average Bonchev–Trinajstić information content (AvgIpc) is 2.85. The maximum absolute atomic E-state index is 8.89. The van der Waals surface area contributed by atoms with Gasteiger partial charge in [-0.2, -0.15) is 5.26 Å². The highest BCUT2D eigenvalue weighted by molar-refractivity contribution is 7.09. The molecule has 0 aliphatic rings. The smallest absolute Gasteiger partial charge is 0.0992 e. The SMILES string of the molecule is Cc1ccc(C#N)cc1NC(C)c1cncs1. The molecule has 4 heteroatoms. The van der Waals surface area contributed by atoms with Gasteiger partial charge in [0.1, 0.15) is 0 Å². The maximum Gasteiger partial charge on any atom is 0.0992 e. The molecule has 0 aliphatic heterocycles. The molecule has 3 nitrogen and oxygen atoms in total. The number of hydrogen-bond acceptors (Lipinski definition) is 4. The lowest BCUT2D eigenvalue weighted by Gasteiger charge is -2.15. The number of thiazole rings is 1. The molecule has 0 spiro atoms. The van der Waals surface area contributed by atoms with E-state index in [4.69, 9.17) is 5.26 Å². The predicted octanol–water partition coefficient (Wildman–Crippen LogP) is 3.50. The minimum atomic E-state index is 0.204. The Morgan fingerprint density at radius 2 is 2.29 bits per heavy atom. The van der Waals surface area contributed by atoms with Crippen LogP contribution in [0.5, 0.6) is 0 Å². The number of benzene rings is 1. The lowest BCUT2D eigenvalue weighted by Crippen LogP contribution is -2.06. The highest BCUT2D eigenvalue weighted by Gasteiger charge is 2.08. The minimum absolute atomic E-state index is 0.204. The Kier molecular flexibility index (Phi) is 3.40. The van der Waals surface area contributed by atoms with Gasteiger partial charge in [-0.05, 0) is 31.5 Å². The fourth-order valence-electron chi connectivity index (χ4n) is 1.59. The van der Waals surface area contributed by atoms with Crippen LogP contribution in [0.15, 0.2) is 29.9 Å². The molecule has 1 heterocycles. The fraction of sp³-hybridized carbons (Fsp3) is 0.231. The van der Waals surface area contributed by atoms with Crippen molar-refractivity contribution in [1.29, 1.82) is 5.26 Å². The Balaban J connectivity index is 2.21. The number of hydrogen-bond donors (Lipinski definition) is 1. The van der Waals surface area contributed by atoms with Crippen molar-refractivity contribution in [2.24, 2.45) is 0 Å². The number of nitrogens with zero attached hydrogens (tertiary/aromatic N) is 2. The monoisotopic (exact) mass is 243 g/mol. The molecule has 0 aliphatic carbocycles. The second kappa shape index (κ2) is 4.98. The first-order chi connectivity index (χ1) is 8.20. The Morgan fingerprint density at radius 1 is 1.47 bits per heavy atom. The van der Waals surface area contributed by atoms with Gasteiger partial charge in [-0.15, -0.1) is 11.3 Å². The normalized spacial score (nSPS) is 11.8. The second-order valence-corrected chi connectivity index (χ2v) is 4.83. The zero-order valence-corrected chi connectivity index (χ0v) is 10.6. The molecule has 0 fully saturated rings. The van der Waals surface area contributed by atoms with Gasteiger partial charge in [-0.25, -0.2) is 0 Å². The van der Waals surface area contributed by atoms with Crippen LogP contribution in [-0.4, -0.2) is 4.98 Å². The Hall–Kier alpha value is -1.86. The van der Waals surface area contributed by atoms with Crippen LogP contribution >= 0.6 is 11.3 Å². The van der Waals surface area contributed by atoms with E-state index in [0.717, 1.165) is 11.3 Å². The van der Waals surface area contributed by atoms with Crippen molar-refractivity contribution in [2.45, 2.75) is 19.9 Å². The van der Waals surface area contributed by atoms with Gasteiger partial charge in [0, 0.05) is 16.8 Å². The summed E-state index contributed by atoms with van der Waals surface area (Å²) < 4.78 is 0. The van der Waals surface area contributed by atoms with Crippen LogP contribution in [0.2, 0.25) is 0 Å². The molecule has 1 aromatic carbocycles. The summed E-state index contributed by atoms with van der Waals surface area (Å²) in [6.07, 6.45) is 1.87. The first-order valence-corrected chi connectivity index (χ1v) is 6.24. The largest absolute Gasteiger partial charge is 0.377 e. The highest BCUT2D eigenvalue weighted by Crippen LogP contribution is 2.24. The number of rotatable bonds is 3. The zero-order chi connectivity index (χ0) is 12.3. The van der Waals surface area contributed by atoms with Crippen LogP contribution in [0.1, 0.15) is 29.0 Å².